The SMILES string of the molecule is O=S(=O)(c1ccccc1)C1CNc2cc(Br)ccc2O1. The summed E-state index contributed by atoms with van der Waals surface area (Å²) in [6, 6.07) is 13.8. The molecule has 1 aliphatic heterocycles. The number of hydrogen-bond acceptors (Lipinski definition) is 4. The number of benzene rings is 2. The lowest BCUT2D eigenvalue weighted by Crippen LogP contribution is -2.37. The van der Waals surface area contributed by atoms with Crippen molar-refractivity contribution in [2.45, 2.75) is 10.3 Å². The fraction of sp³-hybridized carbons (Fsp3) is 0.143. The van der Waals surface area contributed by atoms with Crippen LogP contribution in [-0.2, 0) is 9.84 Å². The van der Waals surface area contributed by atoms with Crippen LogP contribution in [-0.4, -0.2) is 20.4 Å². The first-order valence-electron chi connectivity index (χ1n) is 6.06. The predicted octanol–water partition coefficient (Wildman–Crippen LogP) is 3.05. The Labute approximate surface area is 125 Å². The van der Waals surface area contributed by atoms with E-state index >= 15 is 0 Å². The third-order valence-electron chi connectivity index (χ3n) is 3.08. The maximum absolute atomic E-state index is 12.5. The minimum absolute atomic E-state index is 0.223. The Bertz CT molecular complexity index is 731. The molecule has 3 rings (SSSR count). The number of hydrogen-bond donors (Lipinski definition) is 1. The highest BCUT2D eigenvalue weighted by Gasteiger charge is 2.32. The van der Waals surface area contributed by atoms with Gasteiger partial charge in [0.05, 0.1) is 17.1 Å². The van der Waals surface area contributed by atoms with E-state index in [2.05, 4.69) is 21.2 Å². The number of sulfone groups is 1. The molecule has 1 heterocycles. The van der Waals surface area contributed by atoms with E-state index in [1.165, 1.54) is 0 Å². The highest BCUT2D eigenvalue weighted by molar-refractivity contribution is 9.10. The lowest BCUT2D eigenvalue weighted by molar-refractivity contribution is 0.276. The molecule has 1 N–H and O–H groups in total. The van der Waals surface area contributed by atoms with Crippen molar-refractivity contribution in [2.75, 3.05) is 11.9 Å². The van der Waals surface area contributed by atoms with E-state index in [4.69, 9.17) is 4.74 Å². The molecule has 0 saturated heterocycles. The van der Waals surface area contributed by atoms with Crippen LogP contribution in [0, 0.1) is 0 Å². The summed E-state index contributed by atoms with van der Waals surface area (Å²) < 4.78 is 31.5. The highest BCUT2D eigenvalue weighted by Crippen LogP contribution is 2.33. The Balaban J connectivity index is 1.92. The van der Waals surface area contributed by atoms with E-state index in [-0.39, 0.29) is 11.4 Å². The van der Waals surface area contributed by atoms with Crippen LogP contribution < -0.4 is 10.1 Å². The van der Waals surface area contributed by atoms with Gasteiger partial charge >= 0.3 is 0 Å². The number of anilines is 1. The first-order valence-corrected chi connectivity index (χ1v) is 8.40. The molecule has 0 spiro atoms. The molecule has 1 unspecified atom stereocenters. The summed E-state index contributed by atoms with van der Waals surface area (Å²) in [5, 5.41) is 3.10. The summed E-state index contributed by atoms with van der Waals surface area (Å²) in [5.74, 6) is 0.545. The Hall–Kier alpha value is -1.53. The fourth-order valence-corrected chi connectivity index (χ4v) is 3.79. The molecular formula is C14H12BrNO3S. The van der Waals surface area contributed by atoms with E-state index in [1.807, 2.05) is 12.1 Å². The molecule has 0 fully saturated rings. The quantitative estimate of drug-likeness (QED) is 0.901. The third-order valence-corrected chi connectivity index (χ3v) is 5.45. The summed E-state index contributed by atoms with van der Waals surface area (Å²) in [4.78, 5) is 0.271. The van der Waals surface area contributed by atoms with Crippen LogP contribution in [0.25, 0.3) is 0 Å². The topological polar surface area (TPSA) is 55.4 Å². The van der Waals surface area contributed by atoms with E-state index in [0.29, 0.717) is 5.75 Å². The van der Waals surface area contributed by atoms with Crippen molar-refractivity contribution in [3.63, 3.8) is 0 Å². The molecule has 0 bridgehead atoms. The first-order chi connectivity index (χ1) is 9.57. The standard InChI is InChI=1S/C14H12BrNO3S/c15-10-6-7-13-12(8-10)16-9-14(19-13)20(17,18)11-4-2-1-3-5-11/h1-8,14,16H,9H2. The second-order valence-corrected chi connectivity index (χ2v) is 7.43. The Morgan fingerprint density at radius 1 is 1.15 bits per heavy atom. The van der Waals surface area contributed by atoms with Gasteiger partial charge in [-0.05, 0) is 30.3 Å². The van der Waals surface area contributed by atoms with Crippen molar-refractivity contribution in [1.82, 2.24) is 0 Å². The predicted molar refractivity (Wildman–Crippen MR) is 80.7 cm³/mol. The molecule has 2 aromatic rings. The normalized spacial score (nSPS) is 17.8. The number of nitrogens with one attached hydrogen (secondary N) is 1. The van der Waals surface area contributed by atoms with Crippen molar-refractivity contribution in [1.29, 1.82) is 0 Å². The maximum atomic E-state index is 12.5. The van der Waals surface area contributed by atoms with E-state index in [9.17, 15) is 8.42 Å². The lowest BCUT2D eigenvalue weighted by Gasteiger charge is -2.27. The molecule has 20 heavy (non-hydrogen) atoms. The smallest absolute Gasteiger partial charge is 0.220 e. The van der Waals surface area contributed by atoms with Crippen molar-refractivity contribution in [3.8, 4) is 5.75 Å². The van der Waals surface area contributed by atoms with Crippen LogP contribution >= 0.6 is 15.9 Å². The van der Waals surface area contributed by atoms with Gasteiger partial charge in [-0.15, -0.1) is 0 Å². The molecule has 2 aromatic carbocycles. The molecule has 4 nitrogen and oxygen atoms in total. The van der Waals surface area contributed by atoms with Gasteiger partial charge in [0, 0.05) is 4.47 Å². The number of rotatable bonds is 2. The van der Waals surface area contributed by atoms with Gasteiger partial charge in [-0.3, -0.25) is 0 Å². The van der Waals surface area contributed by atoms with E-state index < -0.39 is 15.3 Å². The number of fused-ring (bicyclic) bond motifs is 1. The van der Waals surface area contributed by atoms with Crippen molar-refractivity contribution >= 4 is 31.5 Å². The first kappa shape index (κ1) is 13.5. The van der Waals surface area contributed by atoms with Crippen LogP contribution in [0.4, 0.5) is 5.69 Å². The van der Waals surface area contributed by atoms with Gasteiger partial charge in [0.25, 0.3) is 0 Å². The van der Waals surface area contributed by atoms with Gasteiger partial charge in [0.15, 0.2) is 0 Å². The van der Waals surface area contributed by atoms with E-state index in [0.717, 1.165) is 10.2 Å². The summed E-state index contributed by atoms with van der Waals surface area (Å²) in [5.41, 5.74) is -0.127. The largest absolute Gasteiger partial charge is 0.470 e. The molecule has 1 atom stereocenters. The molecule has 104 valence electrons. The second-order valence-electron chi connectivity index (χ2n) is 4.43. The van der Waals surface area contributed by atoms with Crippen LogP contribution in [0.5, 0.6) is 5.75 Å². The zero-order valence-corrected chi connectivity index (χ0v) is 12.8. The zero-order valence-electron chi connectivity index (χ0n) is 10.4. The van der Waals surface area contributed by atoms with Gasteiger partial charge in [0.2, 0.25) is 15.3 Å². The van der Waals surface area contributed by atoms with Crippen LogP contribution in [0.2, 0.25) is 0 Å². The average Bonchev–Trinajstić information content (AvgIpc) is 2.47. The van der Waals surface area contributed by atoms with Crippen LogP contribution in [0.3, 0.4) is 0 Å². The van der Waals surface area contributed by atoms with Gasteiger partial charge in [-0.25, -0.2) is 8.42 Å². The van der Waals surface area contributed by atoms with E-state index in [1.54, 1.807) is 36.4 Å². The summed E-state index contributed by atoms with van der Waals surface area (Å²) in [6.45, 7) is 0.223. The number of halogens is 1. The molecule has 0 amide bonds. The van der Waals surface area contributed by atoms with Crippen LogP contribution in [0.1, 0.15) is 0 Å². The minimum atomic E-state index is -3.51. The van der Waals surface area contributed by atoms with Gasteiger partial charge in [-0.1, -0.05) is 34.1 Å². The average molecular weight is 354 g/mol. The Morgan fingerprint density at radius 3 is 2.65 bits per heavy atom. The maximum Gasteiger partial charge on any atom is 0.220 e. The molecule has 0 radical (unpaired) electrons. The van der Waals surface area contributed by atoms with Gasteiger partial charge < -0.3 is 10.1 Å². The Morgan fingerprint density at radius 2 is 1.90 bits per heavy atom. The second kappa shape index (κ2) is 5.10. The van der Waals surface area contributed by atoms with Gasteiger partial charge in [-0.2, -0.15) is 0 Å². The summed E-state index contributed by atoms with van der Waals surface area (Å²) in [6.07, 6.45) is 0. The van der Waals surface area contributed by atoms with Crippen LogP contribution in [0.15, 0.2) is 57.9 Å². The zero-order chi connectivity index (χ0) is 14.2. The fourth-order valence-electron chi connectivity index (χ4n) is 2.05. The molecule has 0 aliphatic carbocycles. The van der Waals surface area contributed by atoms with Crippen molar-refractivity contribution < 1.29 is 13.2 Å². The number of ether oxygens (including phenoxy) is 1. The highest BCUT2D eigenvalue weighted by atomic mass is 79.9. The molecule has 1 aliphatic rings. The molecular weight excluding hydrogens is 342 g/mol. The summed E-state index contributed by atoms with van der Waals surface area (Å²) >= 11 is 3.37. The third kappa shape index (κ3) is 2.41. The Kier molecular flexibility index (Phi) is 3.43. The molecule has 0 saturated carbocycles. The molecule has 0 aromatic heterocycles. The minimum Gasteiger partial charge on any atom is -0.470 e. The van der Waals surface area contributed by atoms with Crippen molar-refractivity contribution in [2.24, 2.45) is 0 Å². The van der Waals surface area contributed by atoms with Gasteiger partial charge in [0.1, 0.15) is 5.75 Å². The monoisotopic (exact) mass is 353 g/mol. The molecule has 6 heteroatoms. The van der Waals surface area contributed by atoms with Crippen molar-refractivity contribution in [3.05, 3.63) is 53.0 Å². The lowest BCUT2D eigenvalue weighted by atomic mass is 10.2. The summed E-state index contributed by atoms with van der Waals surface area (Å²) in [7, 11) is -3.51.